The van der Waals surface area contributed by atoms with Gasteiger partial charge in [0.1, 0.15) is 5.71 Å². The van der Waals surface area contributed by atoms with E-state index in [1.165, 1.54) is 11.3 Å². The Kier molecular flexibility index (Phi) is 4.55. The lowest BCUT2D eigenvalue weighted by Crippen LogP contribution is -2.39. The molecular weight excluding hydrogens is 286 g/mol. The Hall–Kier alpha value is -1.40. The van der Waals surface area contributed by atoms with Crippen molar-refractivity contribution in [2.24, 2.45) is 5.10 Å². The van der Waals surface area contributed by atoms with Crippen LogP contribution >= 0.6 is 22.9 Å². The summed E-state index contributed by atoms with van der Waals surface area (Å²) in [5.41, 5.74) is 2.75. The molecule has 102 valence electrons. The van der Waals surface area contributed by atoms with E-state index < -0.39 is 0 Å². The summed E-state index contributed by atoms with van der Waals surface area (Å²) in [6, 6.07) is 3.73. The number of carbonyl (C=O) groups is 2. The smallest absolute Gasteiger partial charge is 0.270 e. The molecule has 7 heteroatoms. The topological polar surface area (TPSA) is 61.8 Å². The maximum absolute atomic E-state index is 12.3. The molecule has 0 aliphatic carbocycles. The number of hydrazone groups is 1. The van der Waals surface area contributed by atoms with Gasteiger partial charge >= 0.3 is 0 Å². The molecule has 1 aromatic rings. The number of rotatable bonds is 4. The number of hydrogen-bond acceptors (Lipinski definition) is 4. The molecule has 1 N–H and O–H groups in total. The third kappa shape index (κ3) is 3.54. The summed E-state index contributed by atoms with van der Waals surface area (Å²) in [6.45, 7) is 3.01. The lowest BCUT2D eigenvalue weighted by molar-refractivity contribution is -0.125. The second-order valence-electron chi connectivity index (χ2n) is 4.12. The summed E-state index contributed by atoms with van der Waals surface area (Å²) in [7, 11) is 0. The normalized spacial score (nSPS) is 14.8. The molecule has 0 radical (unpaired) electrons. The number of hydrogen-bond donors (Lipinski definition) is 1. The summed E-state index contributed by atoms with van der Waals surface area (Å²) >= 11 is 7.33. The predicted octanol–water partition coefficient (Wildman–Crippen LogP) is 2.02. The van der Waals surface area contributed by atoms with Gasteiger partial charge in [-0.05, 0) is 19.1 Å². The highest BCUT2D eigenvalue weighted by molar-refractivity contribution is 7.16. The van der Waals surface area contributed by atoms with Gasteiger partial charge in [-0.25, -0.2) is 5.43 Å². The highest BCUT2D eigenvalue weighted by atomic mass is 35.5. The lowest BCUT2D eigenvalue weighted by Gasteiger charge is -2.22. The zero-order valence-electron chi connectivity index (χ0n) is 10.5. The van der Waals surface area contributed by atoms with Crippen molar-refractivity contribution in [3.63, 3.8) is 0 Å². The Morgan fingerprint density at radius 1 is 1.53 bits per heavy atom. The first kappa shape index (κ1) is 14.0. The Bertz CT molecular complexity index is 527. The van der Waals surface area contributed by atoms with Gasteiger partial charge in [-0.1, -0.05) is 11.6 Å². The van der Waals surface area contributed by atoms with E-state index in [0.29, 0.717) is 36.0 Å². The van der Waals surface area contributed by atoms with Crippen molar-refractivity contribution in [3.05, 3.63) is 21.3 Å². The third-order valence-electron chi connectivity index (χ3n) is 2.80. The third-order valence-corrected chi connectivity index (χ3v) is 4.01. The van der Waals surface area contributed by atoms with Crippen LogP contribution in [-0.2, 0) is 16.1 Å². The molecule has 1 aliphatic rings. The van der Waals surface area contributed by atoms with Gasteiger partial charge < -0.3 is 4.90 Å². The molecule has 0 spiro atoms. The fraction of sp³-hybridized carbons (Fsp3) is 0.417. The minimum atomic E-state index is -0.148. The number of carbonyl (C=O) groups excluding carboxylic acids is 2. The molecule has 0 atom stereocenters. The van der Waals surface area contributed by atoms with Crippen LogP contribution in [-0.4, -0.2) is 29.0 Å². The Balaban J connectivity index is 2.05. The van der Waals surface area contributed by atoms with Gasteiger partial charge in [-0.3, -0.25) is 9.59 Å². The zero-order chi connectivity index (χ0) is 13.8. The van der Waals surface area contributed by atoms with E-state index in [4.69, 9.17) is 11.6 Å². The second kappa shape index (κ2) is 6.16. The predicted molar refractivity (Wildman–Crippen MR) is 75.2 cm³/mol. The minimum Gasteiger partial charge on any atom is -0.333 e. The van der Waals surface area contributed by atoms with Crippen molar-refractivity contribution in [3.8, 4) is 0 Å². The molecule has 5 nitrogen and oxygen atoms in total. The fourth-order valence-corrected chi connectivity index (χ4v) is 2.87. The summed E-state index contributed by atoms with van der Waals surface area (Å²) in [4.78, 5) is 26.0. The number of amides is 2. The summed E-state index contributed by atoms with van der Waals surface area (Å²) in [5, 5.41) is 3.83. The molecule has 0 saturated heterocycles. The van der Waals surface area contributed by atoms with Gasteiger partial charge in [0, 0.05) is 24.3 Å². The van der Waals surface area contributed by atoms with Crippen molar-refractivity contribution in [1.82, 2.24) is 10.3 Å². The van der Waals surface area contributed by atoms with Crippen LogP contribution in [0.5, 0.6) is 0 Å². The van der Waals surface area contributed by atoms with Crippen molar-refractivity contribution < 1.29 is 9.59 Å². The van der Waals surface area contributed by atoms with Gasteiger partial charge in [-0.15, -0.1) is 11.3 Å². The molecule has 0 fully saturated rings. The quantitative estimate of drug-likeness (QED) is 0.924. The van der Waals surface area contributed by atoms with Gasteiger partial charge in [0.25, 0.3) is 5.91 Å². The molecular formula is C12H14ClN3O2S. The number of nitrogens with zero attached hydrogens (tertiary/aromatic N) is 2. The highest BCUT2D eigenvalue weighted by Crippen LogP contribution is 2.23. The van der Waals surface area contributed by atoms with Gasteiger partial charge in [0.2, 0.25) is 5.91 Å². The molecule has 1 aromatic heterocycles. The SMILES string of the molecule is CCN(Cc1ccc(Cl)s1)C(=O)C1=NNC(=O)CC1. The van der Waals surface area contributed by atoms with Crippen LogP contribution in [0.3, 0.4) is 0 Å². The standard InChI is InChI=1S/C12H14ClN3O2S/c1-2-16(7-8-3-5-10(13)19-8)12(18)9-4-6-11(17)15-14-9/h3,5H,2,4,6-7H2,1H3,(H,15,17). The average molecular weight is 300 g/mol. The first-order valence-electron chi connectivity index (χ1n) is 5.99. The summed E-state index contributed by atoms with van der Waals surface area (Å²) in [5.74, 6) is -0.281. The van der Waals surface area contributed by atoms with Crippen molar-refractivity contribution in [2.45, 2.75) is 26.3 Å². The summed E-state index contributed by atoms with van der Waals surface area (Å²) < 4.78 is 0.709. The van der Waals surface area contributed by atoms with Crippen LogP contribution in [0.25, 0.3) is 0 Å². The first-order chi connectivity index (χ1) is 9.10. The zero-order valence-corrected chi connectivity index (χ0v) is 12.1. The van der Waals surface area contributed by atoms with Crippen molar-refractivity contribution in [2.75, 3.05) is 6.54 Å². The van der Waals surface area contributed by atoms with E-state index in [1.54, 1.807) is 4.90 Å². The molecule has 0 bridgehead atoms. The van der Waals surface area contributed by atoms with E-state index in [0.717, 1.165) is 4.88 Å². The van der Waals surface area contributed by atoms with Gasteiger partial charge in [0.05, 0.1) is 10.9 Å². The minimum absolute atomic E-state index is 0.132. The molecule has 0 saturated carbocycles. The van der Waals surface area contributed by atoms with E-state index in [-0.39, 0.29) is 11.8 Å². The monoisotopic (exact) mass is 299 g/mol. The molecule has 0 aromatic carbocycles. The average Bonchev–Trinajstić information content (AvgIpc) is 2.81. The molecule has 2 heterocycles. The van der Waals surface area contributed by atoms with Gasteiger partial charge in [-0.2, -0.15) is 5.10 Å². The Morgan fingerprint density at radius 3 is 2.84 bits per heavy atom. The van der Waals surface area contributed by atoms with Crippen molar-refractivity contribution >= 4 is 40.5 Å². The number of halogens is 1. The van der Waals surface area contributed by atoms with E-state index in [1.807, 2.05) is 19.1 Å². The lowest BCUT2D eigenvalue weighted by atomic mass is 10.1. The fourth-order valence-electron chi connectivity index (χ4n) is 1.76. The van der Waals surface area contributed by atoms with Crippen LogP contribution in [0.1, 0.15) is 24.6 Å². The number of thiophene rings is 1. The summed E-state index contributed by atoms with van der Waals surface area (Å²) in [6.07, 6.45) is 0.708. The van der Waals surface area contributed by atoms with E-state index in [2.05, 4.69) is 10.5 Å². The van der Waals surface area contributed by atoms with Crippen LogP contribution in [0.4, 0.5) is 0 Å². The number of nitrogens with one attached hydrogen (secondary N) is 1. The largest absolute Gasteiger partial charge is 0.333 e. The molecule has 2 amide bonds. The maximum atomic E-state index is 12.3. The molecule has 1 aliphatic heterocycles. The Labute approximate surface area is 120 Å². The Morgan fingerprint density at radius 2 is 2.32 bits per heavy atom. The van der Waals surface area contributed by atoms with Crippen LogP contribution < -0.4 is 5.43 Å². The van der Waals surface area contributed by atoms with Crippen LogP contribution in [0.2, 0.25) is 4.34 Å². The molecule has 0 unspecified atom stereocenters. The van der Waals surface area contributed by atoms with Crippen LogP contribution in [0.15, 0.2) is 17.2 Å². The van der Waals surface area contributed by atoms with Gasteiger partial charge in [0.15, 0.2) is 0 Å². The molecule has 19 heavy (non-hydrogen) atoms. The highest BCUT2D eigenvalue weighted by Gasteiger charge is 2.23. The van der Waals surface area contributed by atoms with E-state index in [9.17, 15) is 9.59 Å². The van der Waals surface area contributed by atoms with E-state index >= 15 is 0 Å². The molecule has 2 rings (SSSR count). The maximum Gasteiger partial charge on any atom is 0.270 e. The first-order valence-corrected chi connectivity index (χ1v) is 7.18. The second-order valence-corrected chi connectivity index (χ2v) is 5.92. The van der Waals surface area contributed by atoms with Crippen LogP contribution in [0, 0.1) is 0 Å². The van der Waals surface area contributed by atoms with Crippen molar-refractivity contribution in [1.29, 1.82) is 0 Å².